The van der Waals surface area contributed by atoms with E-state index in [4.69, 9.17) is 38.3 Å². The Balaban J connectivity index is 3.17. The molecule has 0 radical (unpaired) electrons. The fourth-order valence-corrected chi connectivity index (χ4v) is 4.49. The minimum absolute atomic E-state index is 0.00883. The van der Waals surface area contributed by atoms with Crippen molar-refractivity contribution in [3.05, 3.63) is 0 Å². The van der Waals surface area contributed by atoms with Gasteiger partial charge in [-0.25, -0.2) is 0 Å². The van der Waals surface area contributed by atoms with Crippen LogP contribution in [-0.2, 0) is 47.5 Å². The van der Waals surface area contributed by atoms with Crippen LogP contribution in [0.1, 0.15) is 116 Å². The number of hydrogen-bond acceptors (Lipinski definition) is 10. The number of unbranched alkanes of at least 4 members (excludes halogenated alkanes) is 12. The lowest BCUT2D eigenvalue weighted by molar-refractivity contribution is -0.145. The highest BCUT2D eigenvalue weighted by atomic mass is 16.6. The predicted octanol–water partition coefficient (Wildman–Crippen LogP) is 5.48. The number of nitrogens with one attached hydrogen (secondary N) is 1. The van der Waals surface area contributed by atoms with E-state index in [0.717, 1.165) is 12.8 Å². The molecule has 0 fully saturated rings. The lowest BCUT2D eigenvalue weighted by atomic mass is 10.0. The maximum Gasteiger partial charge on any atom is 0.305 e. The number of aliphatic carboxylic acids is 1. The smallest absolute Gasteiger partial charge is 0.305 e. The lowest BCUT2D eigenvalue weighted by Crippen LogP contribution is -2.25. The minimum Gasteiger partial charge on any atom is -0.481 e. The molecular formula is C35H67NO11. The van der Waals surface area contributed by atoms with Gasteiger partial charge >= 0.3 is 11.9 Å². The highest BCUT2D eigenvalue weighted by molar-refractivity contribution is 5.80. The van der Waals surface area contributed by atoms with Crippen molar-refractivity contribution in [2.24, 2.45) is 0 Å². The number of hydrogen-bond donors (Lipinski definition) is 2. The van der Waals surface area contributed by atoms with E-state index in [2.05, 4.69) is 12.2 Å². The van der Waals surface area contributed by atoms with Crippen LogP contribution in [0.5, 0.6) is 0 Å². The molecule has 0 atom stereocenters. The fraction of sp³-hybridized carbons (Fsp3) is 0.914. The van der Waals surface area contributed by atoms with E-state index < -0.39 is 5.97 Å². The van der Waals surface area contributed by atoms with Crippen molar-refractivity contribution in [3.8, 4) is 0 Å². The molecule has 12 nitrogen and oxygen atoms in total. The molecule has 0 unspecified atom stereocenters. The first-order valence-corrected chi connectivity index (χ1v) is 18.2. The van der Waals surface area contributed by atoms with Gasteiger partial charge in [0.2, 0.25) is 5.91 Å². The fourth-order valence-electron chi connectivity index (χ4n) is 4.49. The van der Waals surface area contributed by atoms with Crippen LogP contribution in [0.25, 0.3) is 0 Å². The molecule has 0 aliphatic carbocycles. The molecule has 0 bridgehead atoms. The van der Waals surface area contributed by atoms with E-state index in [1.54, 1.807) is 0 Å². The Morgan fingerprint density at radius 2 is 0.830 bits per heavy atom. The van der Waals surface area contributed by atoms with Crippen LogP contribution in [0.15, 0.2) is 0 Å². The largest absolute Gasteiger partial charge is 0.481 e. The van der Waals surface area contributed by atoms with E-state index in [9.17, 15) is 14.4 Å². The van der Waals surface area contributed by atoms with Gasteiger partial charge in [0.05, 0.1) is 79.1 Å². The number of amides is 1. The first kappa shape index (κ1) is 45.2. The van der Waals surface area contributed by atoms with Crippen LogP contribution >= 0.6 is 0 Å². The molecule has 1 amide bonds. The Morgan fingerprint density at radius 1 is 0.447 bits per heavy atom. The van der Waals surface area contributed by atoms with Crippen molar-refractivity contribution in [2.75, 3.05) is 92.4 Å². The summed E-state index contributed by atoms with van der Waals surface area (Å²) in [6, 6.07) is 0. The van der Waals surface area contributed by atoms with Gasteiger partial charge in [0.1, 0.15) is 6.61 Å². The summed E-state index contributed by atoms with van der Waals surface area (Å²) in [7, 11) is 0. The number of carbonyl (C=O) groups is 3. The third kappa shape index (κ3) is 40.3. The number of carboxylic acid groups (broad SMARTS) is 1. The summed E-state index contributed by atoms with van der Waals surface area (Å²) in [4.78, 5) is 33.6. The van der Waals surface area contributed by atoms with Gasteiger partial charge in [-0.3, -0.25) is 14.4 Å². The quantitative estimate of drug-likeness (QED) is 0.0629. The Hall–Kier alpha value is -1.83. The standard InChI is InChI=1S/C35H67NO11/c1-2-3-4-5-6-7-8-9-10-11-12-13-14-16-35(40)47-32-31-46-30-29-45-28-27-44-26-25-43-24-23-42-22-21-41-20-15-19-36-33(37)17-18-34(38)39/h2-32H2,1H3,(H,36,37)(H,38,39). The van der Waals surface area contributed by atoms with Crippen LogP contribution in [0.3, 0.4) is 0 Å². The highest BCUT2D eigenvalue weighted by Crippen LogP contribution is 2.13. The van der Waals surface area contributed by atoms with Crippen molar-refractivity contribution in [1.29, 1.82) is 0 Å². The Morgan fingerprint density at radius 3 is 1.26 bits per heavy atom. The number of carbonyl (C=O) groups excluding carboxylic acids is 2. The molecule has 0 saturated carbocycles. The van der Waals surface area contributed by atoms with Crippen LogP contribution in [0.2, 0.25) is 0 Å². The molecule has 47 heavy (non-hydrogen) atoms. The van der Waals surface area contributed by atoms with Gasteiger partial charge in [0.15, 0.2) is 0 Å². The number of rotatable bonds is 39. The van der Waals surface area contributed by atoms with Crippen molar-refractivity contribution in [1.82, 2.24) is 5.32 Å². The Labute approximate surface area is 284 Å². The molecule has 0 aliphatic rings. The van der Waals surface area contributed by atoms with Crippen molar-refractivity contribution in [2.45, 2.75) is 116 Å². The molecule has 0 aromatic heterocycles. The van der Waals surface area contributed by atoms with Gasteiger partial charge in [-0.05, 0) is 12.8 Å². The zero-order valence-electron chi connectivity index (χ0n) is 29.5. The van der Waals surface area contributed by atoms with E-state index in [1.165, 1.54) is 70.6 Å². The summed E-state index contributed by atoms with van der Waals surface area (Å²) in [6.45, 7) is 8.48. The summed E-state index contributed by atoms with van der Waals surface area (Å²) >= 11 is 0. The minimum atomic E-state index is -0.981. The molecule has 0 saturated heterocycles. The molecule has 278 valence electrons. The third-order valence-electron chi connectivity index (χ3n) is 7.19. The molecule has 0 rings (SSSR count). The molecule has 2 N–H and O–H groups in total. The predicted molar refractivity (Wildman–Crippen MR) is 181 cm³/mol. The van der Waals surface area contributed by atoms with E-state index in [1.807, 2.05) is 0 Å². The zero-order valence-corrected chi connectivity index (χ0v) is 29.5. The Kier molecular flexibility index (Phi) is 37.1. The van der Waals surface area contributed by atoms with Gasteiger partial charge in [-0.1, -0.05) is 84.0 Å². The Bertz CT molecular complexity index is 696. The van der Waals surface area contributed by atoms with Crippen LogP contribution in [-0.4, -0.2) is 115 Å². The van der Waals surface area contributed by atoms with Crippen molar-refractivity contribution >= 4 is 17.8 Å². The van der Waals surface area contributed by atoms with Gasteiger partial charge in [-0.2, -0.15) is 0 Å². The first-order valence-electron chi connectivity index (χ1n) is 18.2. The van der Waals surface area contributed by atoms with Gasteiger partial charge in [0.25, 0.3) is 0 Å². The first-order chi connectivity index (χ1) is 23.1. The summed E-state index contributed by atoms with van der Waals surface area (Å²) in [5, 5.41) is 11.2. The van der Waals surface area contributed by atoms with Crippen LogP contribution in [0.4, 0.5) is 0 Å². The van der Waals surface area contributed by atoms with Crippen molar-refractivity contribution in [3.63, 3.8) is 0 Å². The third-order valence-corrected chi connectivity index (χ3v) is 7.19. The zero-order chi connectivity index (χ0) is 34.3. The highest BCUT2D eigenvalue weighted by Gasteiger charge is 2.05. The van der Waals surface area contributed by atoms with E-state index in [-0.39, 0.29) is 31.3 Å². The molecular weight excluding hydrogens is 610 g/mol. The molecule has 0 heterocycles. The summed E-state index contributed by atoms with van der Waals surface area (Å²) in [6.07, 6.45) is 17.7. The summed E-state index contributed by atoms with van der Waals surface area (Å²) in [5.41, 5.74) is 0. The summed E-state index contributed by atoms with van der Waals surface area (Å²) in [5.74, 6) is -1.39. The average Bonchev–Trinajstić information content (AvgIpc) is 3.06. The molecule has 0 aliphatic heterocycles. The number of ether oxygens (including phenoxy) is 7. The molecule has 12 heteroatoms. The number of carboxylic acids is 1. The van der Waals surface area contributed by atoms with E-state index in [0.29, 0.717) is 98.7 Å². The average molecular weight is 678 g/mol. The molecule has 0 aromatic carbocycles. The normalized spacial score (nSPS) is 11.2. The second-order valence-electron chi connectivity index (χ2n) is 11.5. The lowest BCUT2D eigenvalue weighted by Gasteiger charge is -2.09. The maximum atomic E-state index is 11.8. The molecule has 0 aromatic rings. The van der Waals surface area contributed by atoms with Crippen molar-refractivity contribution < 1.29 is 52.6 Å². The summed E-state index contributed by atoms with van der Waals surface area (Å²) < 4.78 is 37.9. The van der Waals surface area contributed by atoms with Crippen LogP contribution < -0.4 is 5.32 Å². The topological polar surface area (TPSA) is 148 Å². The SMILES string of the molecule is CCCCCCCCCCCCCCCC(=O)OCCOCCOCCOCCOCCOCCOCCCNC(=O)CCC(=O)O. The van der Waals surface area contributed by atoms with Crippen LogP contribution in [0, 0.1) is 0 Å². The van der Waals surface area contributed by atoms with Gasteiger partial charge in [0, 0.05) is 26.0 Å². The number of esters is 1. The van der Waals surface area contributed by atoms with Gasteiger partial charge in [-0.15, -0.1) is 0 Å². The second-order valence-corrected chi connectivity index (χ2v) is 11.5. The monoisotopic (exact) mass is 677 g/mol. The maximum absolute atomic E-state index is 11.8. The van der Waals surface area contributed by atoms with Gasteiger partial charge < -0.3 is 43.6 Å². The molecule has 0 spiro atoms. The second kappa shape index (κ2) is 38.6. The van der Waals surface area contributed by atoms with E-state index >= 15 is 0 Å².